The molecule has 8 nitrogen and oxygen atoms in total. The Hall–Kier alpha value is -3.55. The minimum absolute atomic E-state index is 0.188. The van der Waals surface area contributed by atoms with Crippen LogP contribution in [0.25, 0.3) is 22.2 Å². The van der Waals surface area contributed by atoms with Crippen LogP contribution in [0.15, 0.2) is 43.0 Å². The largest absolute Gasteiger partial charge is 0.331 e. The molecule has 4 rings (SSSR count). The topological polar surface area (TPSA) is 90.5 Å². The molecule has 1 aromatic carbocycles. The molecule has 0 saturated heterocycles. The van der Waals surface area contributed by atoms with E-state index in [1.165, 1.54) is 0 Å². The third kappa shape index (κ3) is 3.24. The Morgan fingerprint density at radius 1 is 1.14 bits per heavy atom. The maximum absolute atomic E-state index is 12.5. The molecule has 142 valence electrons. The van der Waals surface area contributed by atoms with Crippen molar-refractivity contribution in [3.8, 4) is 11.3 Å². The molecule has 0 bridgehead atoms. The number of hydrogen-bond acceptors (Lipinski definition) is 5. The molecule has 1 amide bonds. The molecule has 0 aliphatic heterocycles. The first-order valence-corrected chi connectivity index (χ1v) is 9.03. The lowest BCUT2D eigenvalue weighted by atomic mass is 10.1. The van der Waals surface area contributed by atoms with Crippen LogP contribution in [0, 0.1) is 6.92 Å². The number of rotatable bonds is 4. The molecule has 3 heterocycles. The lowest BCUT2D eigenvalue weighted by molar-refractivity contribution is 0.102. The predicted octanol–water partition coefficient (Wildman–Crippen LogP) is 3.37. The summed E-state index contributed by atoms with van der Waals surface area (Å²) in [5.74, 6) is 0.908. The van der Waals surface area contributed by atoms with Gasteiger partial charge < -0.3 is 4.57 Å². The summed E-state index contributed by atoms with van der Waals surface area (Å²) in [6, 6.07) is 6.14. The lowest BCUT2D eigenvalue weighted by Crippen LogP contribution is -2.13. The van der Waals surface area contributed by atoms with Gasteiger partial charge in [-0.05, 0) is 26.8 Å². The zero-order valence-corrected chi connectivity index (χ0v) is 16.2. The molecule has 0 aliphatic rings. The average molecular weight is 375 g/mol. The van der Waals surface area contributed by atoms with Gasteiger partial charge in [0.15, 0.2) is 0 Å². The Kier molecular flexibility index (Phi) is 4.38. The highest BCUT2D eigenvalue weighted by Crippen LogP contribution is 2.24. The van der Waals surface area contributed by atoms with Gasteiger partial charge in [0, 0.05) is 36.4 Å². The Balaban J connectivity index is 1.62. The molecular weight excluding hydrogens is 354 g/mol. The number of aryl methyl sites for hydroxylation is 1. The highest BCUT2D eigenvalue weighted by atomic mass is 16.1. The molecular formula is C20H21N7O. The van der Waals surface area contributed by atoms with E-state index < -0.39 is 0 Å². The van der Waals surface area contributed by atoms with Crippen molar-refractivity contribution < 1.29 is 4.79 Å². The number of imidazole rings is 1. The van der Waals surface area contributed by atoms with Gasteiger partial charge in [0.1, 0.15) is 5.82 Å². The summed E-state index contributed by atoms with van der Waals surface area (Å²) in [5, 5.41) is 7.83. The van der Waals surface area contributed by atoms with Crippen molar-refractivity contribution in [2.75, 3.05) is 5.32 Å². The molecule has 0 saturated carbocycles. The van der Waals surface area contributed by atoms with Crippen molar-refractivity contribution in [1.82, 2.24) is 29.3 Å². The van der Waals surface area contributed by atoms with E-state index in [9.17, 15) is 4.79 Å². The van der Waals surface area contributed by atoms with Gasteiger partial charge in [-0.15, -0.1) is 0 Å². The average Bonchev–Trinajstić information content (AvgIpc) is 3.29. The van der Waals surface area contributed by atoms with E-state index in [1.54, 1.807) is 23.3 Å². The van der Waals surface area contributed by atoms with Crippen LogP contribution in [0.4, 0.5) is 5.95 Å². The first-order chi connectivity index (χ1) is 13.4. The summed E-state index contributed by atoms with van der Waals surface area (Å²) < 4.78 is 3.76. The Labute approximate surface area is 162 Å². The van der Waals surface area contributed by atoms with E-state index in [1.807, 2.05) is 56.8 Å². The van der Waals surface area contributed by atoms with Crippen LogP contribution in [0.1, 0.15) is 36.1 Å². The van der Waals surface area contributed by atoms with Crippen molar-refractivity contribution in [2.45, 2.75) is 26.8 Å². The maximum atomic E-state index is 12.5. The van der Waals surface area contributed by atoms with Crippen molar-refractivity contribution in [1.29, 1.82) is 0 Å². The zero-order chi connectivity index (χ0) is 19.8. The van der Waals surface area contributed by atoms with Gasteiger partial charge in [0.2, 0.25) is 5.95 Å². The summed E-state index contributed by atoms with van der Waals surface area (Å²) >= 11 is 0. The van der Waals surface area contributed by atoms with E-state index >= 15 is 0 Å². The number of anilines is 1. The van der Waals surface area contributed by atoms with Crippen LogP contribution < -0.4 is 5.32 Å². The SMILES string of the molecule is Cc1ncc(-c2ccc3cnc(NC(=O)c4cnn(C(C)C)c4)nc3c2)n1C. The molecule has 28 heavy (non-hydrogen) atoms. The normalized spacial score (nSPS) is 11.3. The number of carbonyl (C=O) groups excluding carboxylic acids is 1. The van der Waals surface area contributed by atoms with Gasteiger partial charge in [0.25, 0.3) is 5.91 Å². The number of nitrogens with zero attached hydrogens (tertiary/aromatic N) is 6. The quantitative estimate of drug-likeness (QED) is 0.591. The number of benzene rings is 1. The summed E-state index contributed by atoms with van der Waals surface area (Å²) in [5.41, 5.74) is 3.23. The predicted molar refractivity (Wildman–Crippen MR) is 107 cm³/mol. The fourth-order valence-electron chi connectivity index (χ4n) is 2.92. The fourth-order valence-corrected chi connectivity index (χ4v) is 2.92. The minimum Gasteiger partial charge on any atom is -0.331 e. The van der Waals surface area contributed by atoms with Gasteiger partial charge in [0.05, 0.1) is 29.2 Å². The molecule has 3 aromatic heterocycles. The van der Waals surface area contributed by atoms with Gasteiger partial charge in [-0.3, -0.25) is 14.8 Å². The summed E-state index contributed by atoms with van der Waals surface area (Å²) in [7, 11) is 1.98. The molecule has 0 unspecified atom stereocenters. The van der Waals surface area contributed by atoms with Crippen LogP contribution in [-0.2, 0) is 7.05 Å². The second-order valence-electron chi connectivity index (χ2n) is 6.97. The second-order valence-corrected chi connectivity index (χ2v) is 6.97. The highest BCUT2D eigenvalue weighted by Gasteiger charge is 2.13. The zero-order valence-electron chi connectivity index (χ0n) is 16.2. The smallest absolute Gasteiger partial charge is 0.261 e. The molecule has 0 radical (unpaired) electrons. The van der Waals surface area contributed by atoms with E-state index in [2.05, 4.69) is 25.4 Å². The van der Waals surface area contributed by atoms with E-state index in [0.29, 0.717) is 5.56 Å². The monoisotopic (exact) mass is 375 g/mol. The minimum atomic E-state index is -0.287. The van der Waals surface area contributed by atoms with Crippen LogP contribution >= 0.6 is 0 Å². The van der Waals surface area contributed by atoms with Crippen LogP contribution in [-0.4, -0.2) is 35.2 Å². The summed E-state index contributed by atoms with van der Waals surface area (Å²) in [6.07, 6.45) is 6.80. The number of aromatic nitrogens is 6. The number of fused-ring (bicyclic) bond motifs is 1. The lowest BCUT2D eigenvalue weighted by Gasteiger charge is -2.07. The molecule has 0 atom stereocenters. The van der Waals surface area contributed by atoms with Gasteiger partial charge in [-0.2, -0.15) is 5.10 Å². The second kappa shape index (κ2) is 6.88. The third-order valence-corrected chi connectivity index (χ3v) is 4.72. The van der Waals surface area contributed by atoms with Gasteiger partial charge >= 0.3 is 0 Å². The Bertz CT molecular complexity index is 1170. The third-order valence-electron chi connectivity index (χ3n) is 4.72. The highest BCUT2D eigenvalue weighted by molar-refractivity contribution is 6.03. The Morgan fingerprint density at radius 2 is 1.96 bits per heavy atom. The maximum Gasteiger partial charge on any atom is 0.261 e. The fraction of sp³-hybridized carbons (Fsp3) is 0.250. The van der Waals surface area contributed by atoms with Gasteiger partial charge in [-0.1, -0.05) is 12.1 Å². The summed E-state index contributed by atoms with van der Waals surface area (Å²) in [6.45, 7) is 5.96. The van der Waals surface area contributed by atoms with E-state index in [4.69, 9.17) is 0 Å². The van der Waals surface area contributed by atoms with Crippen LogP contribution in [0.2, 0.25) is 0 Å². The van der Waals surface area contributed by atoms with Crippen molar-refractivity contribution in [2.24, 2.45) is 7.05 Å². The first-order valence-electron chi connectivity index (χ1n) is 9.03. The molecule has 0 spiro atoms. The van der Waals surface area contributed by atoms with Crippen LogP contribution in [0.5, 0.6) is 0 Å². The van der Waals surface area contributed by atoms with Crippen molar-refractivity contribution in [3.63, 3.8) is 0 Å². The van der Waals surface area contributed by atoms with E-state index in [-0.39, 0.29) is 17.9 Å². The van der Waals surface area contributed by atoms with Crippen molar-refractivity contribution in [3.05, 3.63) is 54.4 Å². The number of carbonyl (C=O) groups is 1. The molecule has 8 heteroatoms. The first kappa shape index (κ1) is 17.8. The van der Waals surface area contributed by atoms with Gasteiger partial charge in [-0.25, -0.2) is 15.0 Å². The number of amides is 1. The molecule has 4 aromatic rings. The number of hydrogen-bond donors (Lipinski definition) is 1. The standard InChI is InChI=1S/C20H21N7O/c1-12(2)27-11-16(9-23-27)19(28)25-20-22-8-15-6-5-14(7-17(15)24-20)18-10-21-13(3)26(18)4/h5-12H,1-4H3,(H,22,24,25,28). The molecule has 1 N–H and O–H groups in total. The molecule has 0 aliphatic carbocycles. The summed E-state index contributed by atoms with van der Waals surface area (Å²) in [4.78, 5) is 25.6. The Morgan fingerprint density at radius 3 is 2.64 bits per heavy atom. The number of nitrogens with one attached hydrogen (secondary N) is 1. The molecule has 0 fully saturated rings. The van der Waals surface area contributed by atoms with E-state index in [0.717, 1.165) is 28.0 Å². The van der Waals surface area contributed by atoms with Crippen molar-refractivity contribution >= 4 is 22.8 Å². The van der Waals surface area contributed by atoms with Crippen LogP contribution in [0.3, 0.4) is 0 Å².